The second kappa shape index (κ2) is 7.58. The van der Waals surface area contributed by atoms with Gasteiger partial charge in [-0.05, 0) is 42.5 Å². The standard InChI is InChI=1S/C18H19FO2/c1-2-14(12-16-4-3-5-16)13-21-18(20)11-8-15-6-9-17(19)10-7-15/h2-4,6-11,14,16H,1,5,12-13H2/b11-8+. The molecule has 1 aromatic carbocycles. The van der Waals surface area contributed by atoms with Crippen molar-refractivity contribution in [3.63, 3.8) is 0 Å². The number of ether oxygens (including phenoxy) is 1. The Labute approximate surface area is 124 Å². The van der Waals surface area contributed by atoms with Crippen molar-refractivity contribution in [3.05, 3.63) is 66.5 Å². The molecule has 1 aromatic rings. The Bertz CT molecular complexity index is 543. The van der Waals surface area contributed by atoms with Gasteiger partial charge in [-0.15, -0.1) is 6.58 Å². The molecular formula is C18H19FO2. The molecule has 0 heterocycles. The third-order valence-corrected chi connectivity index (χ3v) is 3.51. The van der Waals surface area contributed by atoms with Crippen LogP contribution in [0.2, 0.25) is 0 Å². The summed E-state index contributed by atoms with van der Waals surface area (Å²) in [6.07, 6.45) is 11.2. The second-order valence-corrected chi connectivity index (χ2v) is 5.17. The molecule has 0 N–H and O–H groups in total. The van der Waals surface area contributed by atoms with Crippen LogP contribution in [-0.2, 0) is 9.53 Å². The van der Waals surface area contributed by atoms with Crippen molar-refractivity contribution in [1.29, 1.82) is 0 Å². The lowest BCUT2D eigenvalue weighted by Gasteiger charge is -2.21. The SMILES string of the molecule is C=CC(COC(=O)/C=C/c1ccc(F)cc1)CC1C=CC1. The van der Waals surface area contributed by atoms with E-state index in [0.717, 1.165) is 18.4 Å². The Hall–Kier alpha value is -2.16. The van der Waals surface area contributed by atoms with Crippen molar-refractivity contribution in [1.82, 2.24) is 0 Å². The predicted molar refractivity (Wildman–Crippen MR) is 81.9 cm³/mol. The predicted octanol–water partition coefficient (Wildman–Crippen LogP) is 4.15. The largest absolute Gasteiger partial charge is 0.462 e. The van der Waals surface area contributed by atoms with Gasteiger partial charge in [0.2, 0.25) is 0 Å². The lowest BCUT2D eigenvalue weighted by atomic mass is 9.86. The molecule has 0 amide bonds. The zero-order chi connectivity index (χ0) is 15.1. The van der Waals surface area contributed by atoms with Gasteiger partial charge < -0.3 is 4.74 Å². The van der Waals surface area contributed by atoms with Crippen LogP contribution in [0.5, 0.6) is 0 Å². The fraction of sp³-hybridized carbons (Fsp3) is 0.278. The molecule has 21 heavy (non-hydrogen) atoms. The third-order valence-electron chi connectivity index (χ3n) is 3.51. The molecule has 0 saturated heterocycles. The zero-order valence-corrected chi connectivity index (χ0v) is 11.9. The fourth-order valence-electron chi connectivity index (χ4n) is 2.10. The van der Waals surface area contributed by atoms with E-state index in [1.54, 1.807) is 18.2 Å². The van der Waals surface area contributed by atoms with Crippen molar-refractivity contribution in [2.45, 2.75) is 12.8 Å². The molecule has 0 saturated carbocycles. The average Bonchev–Trinajstić information content (AvgIpc) is 2.45. The van der Waals surface area contributed by atoms with E-state index in [9.17, 15) is 9.18 Å². The zero-order valence-electron chi connectivity index (χ0n) is 11.9. The molecule has 1 aliphatic rings. The summed E-state index contributed by atoms with van der Waals surface area (Å²) in [5.41, 5.74) is 0.758. The van der Waals surface area contributed by atoms with Crippen LogP contribution < -0.4 is 0 Å². The summed E-state index contributed by atoms with van der Waals surface area (Å²) in [5.74, 6) is 0.0773. The van der Waals surface area contributed by atoms with Crippen LogP contribution in [0.1, 0.15) is 18.4 Å². The normalized spacial score (nSPS) is 18.2. The number of rotatable bonds is 7. The summed E-state index contributed by atoms with van der Waals surface area (Å²) in [6, 6.07) is 5.92. The smallest absolute Gasteiger partial charge is 0.330 e. The molecule has 0 radical (unpaired) electrons. The molecule has 0 bridgehead atoms. The van der Waals surface area contributed by atoms with Gasteiger partial charge in [0.1, 0.15) is 5.82 Å². The van der Waals surface area contributed by atoms with Crippen LogP contribution in [-0.4, -0.2) is 12.6 Å². The third kappa shape index (κ3) is 5.03. The van der Waals surface area contributed by atoms with Gasteiger partial charge in [0.15, 0.2) is 0 Å². The maximum atomic E-state index is 12.7. The van der Waals surface area contributed by atoms with Crippen molar-refractivity contribution >= 4 is 12.0 Å². The highest BCUT2D eigenvalue weighted by molar-refractivity contribution is 5.87. The topological polar surface area (TPSA) is 26.3 Å². The molecule has 110 valence electrons. The Morgan fingerprint density at radius 1 is 1.43 bits per heavy atom. The summed E-state index contributed by atoms with van der Waals surface area (Å²) in [7, 11) is 0. The highest BCUT2D eigenvalue weighted by atomic mass is 19.1. The molecule has 1 aliphatic carbocycles. The van der Waals surface area contributed by atoms with Crippen LogP contribution in [0, 0.1) is 17.7 Å². The molecule has 0 fully saturated rings. The highest BCUT2D eigenvalue weighted by Crippen LogP contribution is 2.25. The number of carbonyl (C=O) groups is 1. The Morgan fingerprint density at radius 3 is 2.71 bits per heavy atom. The molecule has 0 spiro atoms. The first-order valence-corrected chi connectivity index (χ1v) is 7.07. The maximum absolute atomic E-state index is 12.7. The minimum atomic E-state index is -0.393. The van der Waals surface area contributed by atoms with Crippen molar-refractivity contribution < 1.29 is 13.9 Å². The van der Waals surface area contributed by atoms with Gasteiger partial charge >= 0.3 is 5.97 Å². The van der Waals surface area contributed by atoms with E-state index in [4.69, 9.17) is 4.74 Å². The molecule has 2 nitrogen and oxygen atoms in total. The first kappa shape index (κ1) is 15.2. The number of benzene rings is 1. The quantitative estimate of drug-likeness (QED) is 0.427. The maximum Gasteiger partial charge on any atom is 0.330 e. The average molecular weight is 286 g/mol. The second-order valence-electron chi connectivity index (χ2n) is 5.17. The number of hydrogen-bond donors (Lipinski definition) is 0. The molecule has 0 aromatic heterocycles. The van der Waals surface area contributed by atoms with Crippen molar-refractivity contribution in [2.24, 2.45) is 11.8 Å². The van der Waals surface area contributed by atoms with Gasteiger partial charge in [0.05, 0.1) is 6.61 Å². The molecule has 0 aliphatic heterocycles. The summed E-state index contributed by atoms with van der Waals surface area (Å²) in [5, 5.41) is 0. The summed E-state index contributed by atoms with van der Waals surface area (Å²) in [6.45, 7) is 4.13. The van der Waals surface area contributed by atoms with Gasteiger partial charge in [0.25, 0.3) is 0 Å². The number of hydrogen-bond acceptors (Lipinski definition) is 2. The molecule has 2 atom stereocenters. The number of esters is 1. The number of halogens is 1. The molecule has 3 heteroatoms. The van der Waals surface area contributed by atoms with Crippen LogP contribution in [0.25, 0.3) is 6.08 Å². The lowest BCUT2D eigenvalue weighted by Crippen LogP contribution is -2.16. The summed E-state index contributed by atoms with van der Waals surface area (Å²) < 4.78 is 18.0. The van der Waals surface area contributed by atoms with Gasteiger partial charge in [-0.1, -0.05) is 30.4 Å². The number of carbonyl (C=O) groups excluding carboxylic acids is 1. The van der Waals surface area contributed by atoms with Gasteiger partial charge in [0, 0.05) is 12.0 Å². The Balaban J connectivity index is 1.76. The van der Waals surface area contributed by atoms with Crippen molar-refractivity contribution in [2.75, 3.05) is 6.61 Å². The van der Waals surface area contributed by atoms with E-state index in [-0.39, 0.29) is 11.7 Å². The summed E-state index contributed by atoms with van der Waals surface area (Å²) >= 11 is 0. The fourth-order valence-corrected chi connectivity index (χ4v) is 2.10. The van der Waals surface area contributed by atoms with Crippen molar-refractivity contribution in [3.8, 4) is 0 Å². The van der Waals surface area contributed by atoms with E-state index in [2.05, 4.69) is 18.7 Å². The molecular weight excluding hydrogens is 267 g/mol. The first-order chi connectivity index (χ1) is 10.2. The van der Waals surface area contributed by atoms with E-state index in [0.29, 0.717) is 12.5 Å². The molecule has 2 unspecified atom stereocenters. The van der Waals surface area contributed by atoms with Crippen LogP contribution in [0.4, 0.5) is 4.39 Å². The van der Waals surface area contributed by atoms with Gasteiger partial charge in [-0.3, -0.25) is 0 Å². The monoisotopic (exact) mass is 286 g/mol. The minimum Gasteiger partial charge on any atom is -0.462 e. The minimum absolute atomic E-state index is 0.183. The van der Waals surface area contributed by atoms with E-state index in [1.165, 1.54) is 18.2 Å². The van der Waals surface area contributed by atoms with E-state index in [1.807, 2.05) is 6.08 Å². The Kier molecular flexibility index (Phi) is 5.50. The Morgan fingerprint density at radius 2 is 2.14 bits per heavy atom. The number of allylic oxidation sites excluding steroid dienone is 2. The first-order valence-electron chi connectivity index (χ1n) is 7.07. The van der Waals surface area contributed by atoms with E-state index < -0.39 is 5.97 Å². The van der Waals surface area contributed by atoms with Gasteiger partial charge in [-0.2, -0.15) is 0 Å². The van der Waals surface area contributed by atoms with Crippen LogP contribution in [0.15, 0.2) is 55.1 Å². The summed E-state index contributed by atoms with van der Waals surface area (Å²) in [4.78, 5) is 11.6. The highest BCUT2D eigenvalue weighted by Gasteiger charge is 2.16. The lowest BCUT2D eigenvalue weighted by molar-refractivity contribution is -0.138. The van der Waals surface area contributed by atoms with E-state index >= 15 is 0 Å². The van der Waals surface area contributed by atoms with Crippen LogP contribution >= 0.6 is 0 Å². The van der Waals surface area contributed by atoms with Gasteiger partial charge in [-0.25, -0.2) is 9.18 Å². The van der Waals surface area contributed by atoms with Crippen LogP contribution in [0.3, 0.4) is 0 Å². The molecule has 2 rings (SSSR count).